The van der Waals surface area contributed by atoms with Crippen molar-refractivity contribution < 1.29 is 9.72 Å². The summed E-state index contributed by atoms with van der Waals surface area (Å²) in [5.41, 5.74) is 4.00. The molecule has 124 valence electrons. The van der Waals surface area contributed by atoms with E-state index in [9.17, 15) is 14.9 Å². The quantitative estimate of drug-likeness (QED) is 0.650. The Morgan fingerprint density at radius 2 is 1.92 bits per heavy atom. The highest BCUT2D eigenvalue weighted by atomic mass is 16.6. The van der Waals surface area contributed by atoms with Crippen molar-refractivity contribution in [3.05, 3.63) is 63.7 Å². The second-order valence-electron chi connectivity index (χ2n) is 6.00. The van der Waals surface area contributed by atoms with Gasteiger partial charge in [-0.25, -0.2) is 0 Å². The first kappa shape index (κ1) is 16.0. The molecule has 0 aromatic heterocycles. The van der Waals surface area contributed by atoms with Gasteiger partial charge in [-0.2, -0.15) is 0 Å². The van der Waals surface area contributed by atoms with Crippen LogP contribution < -0.4 is 10.6 Å². The summed E-state index contributed by atoms with van der Waals surface area (Å²) in [6, 6.07) is 11.7. The van der Waals surface area contributed by atoms with Crippen LogP contribution in [0.15, 0.2) is 42.5 Å². The molecule has 1 aliphatic rings. The number of hydrogen-bond acceptors (Lipinski definition) is 4. The minimum atomic E-state index is -0.484. The van der Waals surface area contributed by atoms with Crippen LogP contribution in [0, 0.1) is 10.1 Å². The number of carbonyl (C=O) groups excluding carboxylic acids is 1. The molecular formula is C18H19N3O3. The molecule has 6 heteroatoms. The highest BCUT2D eigenvalue weighted by molar-refractivity contribution is 5.96. The van der Waals surface area contributed by atoms with Crippen molar-refractivity contribution >= 4 is 23.0 Å². The maximum absolute atomic E-state index is 12.3. The summed E-state index contributed by atoms with van der Waals surface area (Å²) in [5.74, 6) is -0.240. The summed E-state index contributed by atoms with van der Waals surface area (Å²) in [5, 5.41) is 16.7. The maximum Gasteiger partial charge on any atom is 0.271 e. The Hall–Kier alpha value is -2.89. The molecule has 3 rings (SSSR count). The highest BCUT2D eigenvalue weighted by Gasteiger charge is 2.16. The normalized spacial score (nSPS) is 13.9. The lowest BCUT2D eigenvalue weighted by atomic mass is 10.1. The highest BCUT2D eigenvalue weighted by Crippen LogP contribution is 2.25. The van der Waals surface area contributed by atoms with Crippen LogP contribution in [-0.2, 0) is 17.6 Å². The van der Waals surface area contributed by atoms with Crippen LogP contribution in [-0.4, -0.2) is 16.9 Å². The van der Waals surface area contributed by atoms with E-state index >= 15 is 0 Å². The predicted molar refractivity (Wildman–Crippen MR) is 93.3 cm³/mol. The topological polar surface area (TPSA) is 84.3 Å². The minimum Gasteiger partial charge on any atom is -0.374 e. The standard InChI is InChI=1S/C18H19N3O3/c1-12(19-16-9-8-13-4-2-5-14(13)10-16)18(22)20-15-6-3-7-17(11-15)21(23)24/h3,6-12,19H,2,4-5H2,1H3,(H,20,22)/t12-/m1/s1. The van der Waals surface area contributed by atoms with Gasteiger partial charge in [0.15, 0.2) is 0 Å². The van der Waals surface area contributed by atoms with Crippen molar-refractivity contribution in [2.24, 2.45) is 0 Å². The molecule has 2 N–H and O–H groups in total. The van der Waals surface area contributed by atoms with Crippen LogP contribution in [0.25, 0.3) is 0 Å². The first-order chi connectivity index (χ1) is 11.5. The Labute approximate surface area is 140 Å². The number of nitro benzene ring substituents is 1. The number of nitrogens with zero attached hydrogens (tertiary/aromatic N) is 1. The van der Waals surface area contributed by atoms with Crippen molar-refractivity contribution in [2.75, 3.05) is 10.6 Å². The molecule has 0 bridgehead atoms. The average Bonchev–Trinajstić information content (AvgIpc) is 3.02. The van der Waals surface area contributed by atoms with Gasteiger partial charge in [0.05, 0.1) is 4.92 Å². The lowest BCUT2D eigenvalue weighted by Crippen LogP contribution is -2.31. The lowest BCUT2D eigenvalue weighted by Gasteiger charge is -2.16. The summed E-state index contributed by atoms with van der Waals surface area (Å²) in [6.45, 7) is 1.76. The molecular weight excluding hydrogens is 306 g/mol. The molecule has 0 radical (unpaired) electrons. The molecule has 0 saturated heterocycles. The van der Waals surface area contributed by atoms with E-state index in [1.165, 1.54) is 29.7 Å². The fourth-order valence-electron chi connectivity index (χ4n) is 2.92. The Morgan fingerprint density at radius 3 is 2.71 bits per heavy atom. The van der Waals surface area contributed by atoms with Crippen LogP contribution in [0.3, 0.4) is 0 Å². The predicted octanol–water partition coefficient (Wildman–Crippen LogP) is 3.52. The molecule has 24 heavy (non-hydrogen) atoms. The SMILES string of the molecule is C[C@@H](Nc1ccc2c(c1)CCC2)C(=O)Nc1cccc([N+](=O)[O-])c1. The molecule has 2 aromatic carbocycles. The zero-order valence-corrected chi connectivity index (χ0v) is 13.4. The van der Waals surface area contributed by atoms with E-state index in [-0.39, 0.29) is 11.6 Å². The van der Waals surface area contributed by atoms with Gasteiger partial charge in [0, 0.05) is 23.5 Å². The Kier molecular flexibility index (Phi) is 4.46. The number of carbonyl (C=O) groups is 1. The Morgan fingerprint density at radius 1 is 1.12 bits per heavy atom. The molecule has 6 nitrogen and oxygen atoms in total. The van der Waals surface area contributed by atoms with E-state index in [1.807, 2.05) is 6.07 Å². The molecule has 0 heterocycles. The van der Waals surface area contributed by atoms with E-state index in [0.29, 0.717) is 5.69 Å². The zero-order valence-electron chi connectivity index (χ0n) is 13.4. The van der Waals surface area contributed by atoms with E-state index in [2.05, 4.69) is 22.8 Å². The molecule has 0 unspecified atom stereocenters. The molecule has 0 spiro atoms. The van der Waals surface area contributed by atoms with Gasteiger partial charge >= 0.3 is 0 Å². The maximum atomic E-state index is 12.3. The van der Waals surface area contributed by atoms with Gasteiger partial charge in [-0.3, -0.25) is 14.9 Å². The summed E-state index contributed by atoms with van der Waals surface area (Å²) < 4.78 is 0. The van der Waals surface area contributed by atoms with Gasteiger partial charge in [-0.15, -0.1) is 0 Å². The number of amides is 1. The first-order valence-corrected chi connectivity index (χ1v) is 7.96. The van der Waals surface area contributed by atoms with Crippen molar-refractivity contribution in [3.63, 3.8) is 0 Å². The third-order valence-electron chi connectivity index (χ3n) is 4.20. The number of aryl methyl sites for hydroxylation is 2. The van der Waals surface area contributed by atoms with Gasteiger partial charge in [0.1, 0.15) is 6.04 Å². The van der Waals surface area contributed by atoms with E-state index in [1.54, 1.807) is 19.1 Å². The van der Waals surface area contributed by atoms with Gasteiger partial charge in [0.2, 0.25) is 5.91 Å². The van der Waals surface area contributed by atoms with Crippen LogP contribution in [0.5, 0.6) is 0 Å². The molecule has 0 saturated carbocycles. The smallest absolute Gasteiger partial charge is 0.271 e. The monoisotopic (exact) mass is 325 g/mol. The fourth-order valence-corrected chi connectivity index (χ4v) is 2.92. The van der Waals surface area contributed by atoms with E-state index < -0.39 is 11.0 Å². The number of nitro groups is 1. The van der Waals surface area contributed by atoms with Crippen molar-refractivity contribution in [2.45, 2.75) is 32.2 Å². The molecule has 1 atom stereocenters. The average molecular weight is 325 g/mol. The minimum absolute atomic E-state index is 0.0490. The number of non-ortho nitro benzene ring substituents is 1. The van der Waals surface area contributed by atoms with E-state index in [0.717, 1.165) is 18.5 Å². The van der Waals surface area contributed by atoms with Crippen molar-refractivity contribution in [3.8, 4) is 0 Å². The molecule has 1 amide bonds. The molecule has 0 aliphatic heterocycles. The van der Waals surface area contributed by atoms with Gasteiger partial charge in [-0.1, -0.05) is 12.1 Å². The number of hydrogen-bond donors (Lipinski definition) is 2. The van der Waals surface area contributed by atoms with Crippen LogP contribution >= 0.6 is 0 Å². The van der Waals surface area contributed by atoms with Crippen LogP contribution in [0.1, 0.15) is 24.5 Å². The van der Waals surface area contributed by atoms with Gasteiger partial charge < -0.3 is 10.6 Å². The number of rotatable bonds is 5. The number of anilines is 2. The molecule has 1 aliphatic carbocycles. The second-order valence-corrected chi connectivity index (χ2v) is 6.00. The van der Waals surface area contributed by atoms with Crippen molar-refractivity contribution in [1.82, 2.24) is 0 Å². The summed E-state index contributed by atoms with van der Waals surface area (Å²) >= 11 is 0. The van der Waals surface area contributed by atoms with Crippen LogP contribution in [0.2, 0.25) is 0 Å². The third kappa shape index (κ3) is 3.53. The second kappa shape index (κ2) is 6.70. The Balaban J connectivity index is 1.64. The van der Waals surface area contributed by atoms with E-state index in [4.69, 9.17) is 0 Å². The summed E-state index contributed by atoms with van der Waals surface area (Å²) in [7, 11) is 0. The van der Waals surface area contributed by atoms with Crippen LogP contribution in [0.4, 0.5) is 17.1 Å². The lowest BCUT2D eigenvalue weighted by molar-refractivity contribution is -0.384. The summed E-state index contributed by atoms with van der Waals surface area (Å²) in [6.07, 6.45) is 3.39. The summed E-state index contributed by atoms with van der Waals surface area (Å²) in [4.78, 5) is 22.6. The Bertz CT molecular complexity index is 789. The largest absolute Gasteiger partial charge is 0.374 e. The molecule has 2 aromatic rings. The van der Waals surface area contributed by atoms with Crippen molar-refractivity contribution in [1.29, 1.82) is 0 Å². The number of nitrogens with one attached hydrogen (secondary N) is 2. The number of fused-ring (bicyclic) bond motifs is 1. The number of benzene rings is 2. The fraction of sp³-hybridized carbons (Fsp3) is 0.278. The van der Waals surface area contributed by atoms with Gasteiger partial charge in [0.25, 0.3) is 5.69 Å². The molecule has 0 fully saturated rings. The van der Waals surface area contributed by atoms with Gasteiger partial charge in [-0.05, 0) is 55.5 Å². The third-order valence-corrected chi connectivity index (χ3v) is 4.20. The zero-order chi connectivity index (χ0) is 17.1. The first-order valence-electron chi connectivity index (χ1n) is 7.96.